The normalized spacial score (nSPS) is 10.6. The molecular weight excluding hydrogens is 433 g/mol. The van der Waals surface area contributed by atoms with Gasteiger partial charge in [-0.05, 0) is 42.5 Å². The average molecular weight is 450 g/mol. The molecule has 0 aliphatic carbocycles. The number of nitrogens with one attached hydrogen (secondary N) is 2. The number of aromatic nitrogens is 1. The summed E-state index contributed by atoms with van der Waals surface area (Å²) < 4.78 is 19.8. The number of oxazole rings is 1. The number of rotatable bonds is 5. The van der Waals surface area contributed by atoms with E-state index in [1.54, 1.807) is 60.7 Å². The molecule has 160 valence electrons. The molecule has 2 N–H and O–H groups in total. The highest BCUT2D eigenvalue weighted by molar-refractivity contribution is 6.34. The lowest BCUT2D eigenvalue weighted by Crippen LogP contribution is -2.14. The lowest BCUT2D eigenvalue weighted by molar-refractivity contribution is -0.114. The molecule has 0 spiro atoms. The van der Waals surface area contributed by atoms with Crippen molar-refractivity contribution in [2.75, 3.05) is 10.6 Å². The fourth-order valence-electron chi connectivity index (χ4n) is 3.14. The van der Waals surface area contributed by atoms with Crippen molar-refractivity contribution in [2.24, 2.45) is 0 Å². The van der Waals surface area contributed by atoms with Crippen LogP contribution in [0.2, 0.25) is 5.02 Å². The van der Waals surface area contributed by atoms with Gasteiger partial charge < -0.3 is 15.1 Å². The Labute approximate surface area is 188 Å². The van der Waals surface area contributed by atoms with Gasteiger partial charge in [-0.25, -0.2) is 9.37 Å². The second-order valence-electron chi connectivity index (χ2n) is 6.89. The van der Waals surface area contributed by atoms with Gasteiger partial charge in [-0.3, -0.25) is 9.59 Å². The minimum atomic E-state index is -0.432. The Balaban J connectivity index is 1.61. The standard InChI is InChI=1S/C24H17ClFN3O3/c1-14(30)28-15-10-11-21(19(25)12-15)29-23(31)16-6-2-3-7-17(16)24-27-13-22(32-24)18-8-4-5-9-20(18)26/h2-13H,1H3,(H,28,30)(H,29,31). The third kappa shape index (κ3) is 4.53. The number of benzene rings is 3. The summed E-state index contributed by atoms with van der Waals surface area (Å²) in [7, 11) is 0. The number of carbonyl (C=O) groups is 2. The third-order valence-electron chi connectivity index (χ3n) is 4.58. The van der Waals surface area contributed by atoms with Crippen LogP contribution in [-0.2, 0) is 4.79 Å². The molecule has 3 aromatic carbocycles. The van der Waals surface area contributed by atoms with Crippen LogP contribution in [0, 0.1) is 5.82 Å². The number of anilines is 2. The molecule has 32 heavy (non-hydrogen) atoms. The first kappa shape index (κ1) is 21.3. The lowest BCUT2D eigenvalue weighted by atomic mass is 10.1. The van der Waals surface area contributed by atoms with Crippen LogP contribution in [-0.4, -0.2) is 16.8 Å². The molecule has 6 nitrogen and oxygen atoms in total. The Morgan fingerprint density at radius 2 is 1.69 bits per heavy atom. The van der Waals surface area contributed by atoms with Crippen LogP contribution in [0.1, 0.15) is 17.3 Å². The van der Waals surface area contributed by atoms with Gasteiger partial charge in [0.15, 0.2) is 5.76 Å². The fraction of sp³-hybridized carbons (Fsp3) is 0.0417. The maximum absolute atomic E-state index is 14.1. The Hall–Kier alpha value is -3.97. The molecule has 0 fully saturated rings. The number of nitrogens with zero attached hydrogens (tertiary/aromatic N) is 1. The van der Waals surface area contributed by atoms with Gasteiger partial charge in [0.25, 0.3) is 5.91 Å². The summed E-state index contributed by atoms with van der Waals surface area (Å²) in [5, 5.41) is 5.64. The molecule has 4 rings (SSSR count). The molecule has 0 aliphatic rings. The number of hydrogen-bond donors (Lipinski definition) is 2. The maximum Gasteiger partial charge on any atom is 0.256 e. The fourth-order valence-corrected chi connectivity index (χ4v) is 3.37. The topological polar surface area (TPSA) is 84.2 Å². The van der Waals surface area contributed by atoms with Gasteiger partial charge in [0.2, 0.25) is 11.8 Å². The van der Waals surface area contributed by atoms with Crippen molar-refractivity contribution in [3.05, 3.63) is 89.3 Å². The highest BCUT2D eigenvalue weighted by Gasteiger charge is 2.19. The largest absolute Gasteiger partial charge is 0.436 e. The summed E-state index contributed by atoms with van der Waals surface area (Å²) in [6.07, 6.45) is 1.42. The van der Waals surface area contributed by atoms with Crippen molar-refractivity contribution in [1.82, 2.24) is 4.98 Å². The molecule has 1 heterocycles. The number of carbonyl (C=O) groups excluding carboxylic acids is 2. The summed E-state index contributed by atoms with van der Waals surface area (Å²) in [4.78, 5) is 28.4. The van der Waals surface area contributed by atoms with Crippen LogP contribution in [0.4, 0.5) is 15.8 Å². The SMILES string of the molecule is CC(=O)Nc1ccc(NC(=O)c2ccccc2-c2ncc(-c3ccccc3F)o2)c(Cl)c1. The summed E-state index contributed by atoms with van der Waals surface area (Å²) in [5.41, 5.74) is 1.91. The van der Waals surface area contributed by atoms with Gasteiger partial charge in [-0.2, -0.15) is 0 Å². The molecule has 0 radical (unpaired) electrons. The van der Waals surface area contributed by atoms with Gasteiger partial charge in [0, 0.05) is 18.2 Å². The van der Waals surface area contributed by atoms with E-state index < -0.39 is 11.7 Å². The molecule has 0 saturated heterocycles. The van der Waals surface area contributed by atoms with Gasteiger partial charge in [0.05, 0.1) is 28.0 Å². The van der Waals surface area contributed by atoms with Crippen LogP contribution in [0.3, 0.4) is 0 Å². The predicted octanol–water partition coefficient (Wildman–Crippen LogP) is 6.01. The highest BCUT2D eigenvalue weighted by Crippen LogP contribution is 2.31. The smallest absolute Gasteiger partial charge is 0.256 e. The molecule has 0 unspecified atom stereocenters. The van der Waals surface area contributed by atoms with Gasteiger partial charge in [-0.15, -0.1) is 0 Å². The molecule has 1 aromatic heterocycles. The number of amides is 2. The molecule has 0 bridgehead atoms. The van der Waals surface area contributed by atoms with E-state index in [0.717, 1.165) is 0 Å². The van der Waals surface area contributed by atoms with Crippen LogP contribution in [0.15, 0.2) is 77.3 Å². The Morgan fingerprint density at radius 3 is 2.41 bits per heavy atom. The minimum Gasteiger partial charge on any atom is -0.436 e. The average Bonchev–Trinajstić information content (AvgIpc) is 3.25. The Kier molecular flexibility index (Phi) is 6.00. The molecule has 2 amide bonds. The van der Waals surface area contributed by atoms with Crippen LogP contribution < -0.4 is 10.6 Å². The first-order valence-electron chi connectivity index (χ1n) is 9.61. The maximum atomic E-state index is 14.1. The van der Waals surface area contributed by atoms with E-state index in [1.807, 2.05) is 0 Å². The predicted molar refractivity (Wildman–Crippen MR) is 121 cm³/mol. The molecule has 4 aromatic rings. The molecule has 0 aliphatic heterocycles. The van der Waals surface area contributed by atoms with Crippen LogP contribution in [0.25, 0.3) is 22.8 Å². The second-order valence-corrected chi connectivity index (χ2v) is 7.29. The van der Waals surface area contributed by atoms with E-state index in [4.69, 9.17) is 16.0 Å². The number of halogens is 2. The third-order valence-corrected chi connectivity index (χ3v) is 4.90. The van der Waals surface area contributed by atoms with Gasteiger partial charge >= 0.3 is 0 Å². The lowest BCUT2D eigenvalue weighted by Gasteiger charge is -2.11. The van der Waals surface area contributed by atoms with Crippen LogP contribution >= 0.6 is 11.6 Å². The summed E-state index contributed by atoms with van der Waals surface area (Å²) >= 11 is 6.25. The van der Waals surface area contributed by atoms with E-state index >= 15 is 0 Å². The van der Waals surface area contributed by atoms with E-state index in [9.17, 15) is 14.0 Å². The first-order chi connectivity index (χ1) is 15.4. The van der Waals surface area contributed by atoms with Gasteiger partial charge in [-0.1, -0.05) is 35.9 Å². The van der Waals surface area contributed by atoms with Crippen molar-refractivity contribution in [2.45, 2.75) is 6.92 Å². The van der Waals surface area contributed by atoms with Crippen molar-refractivity contribution >= 4 is 34.8 Å². The summed E-state index contributed by atoms with van der Waals surface area (Å²) in [5.74, 6) is -0.655. The monoisotopic (exact) mass is 449 g/mol. The van der Waals surface area contributed by atoms with Crippen molar-refractivity contribution in [1.29, 1.82) is 0 Å². The second kappa shape index (κ2) is 9.03. The summed E-state index contributed by atoms with van der Waals surface area (Å²) in [6.45, 7) is 1.39. The zero-order valence-electron chi connectivity index (χ0n) is 16.9. The van der Waals surface area contributed by atoms with Crippen LogP contribution in [0.5, 0.6) is 0 Å². The van der Waals surface area contributed by atoms with E-state index in [0.29, 0.717) is 22.5 Å². The van der Waals surface area contributed by atoms with Gasteiger partial charge in [0.1, 0.15) is 5.82 Å². The zero-order valence-corrected chi connectivity index (χ0v) is 17.6. The minimum absolute atomic E-state index is 0.182. The van der Waals surface area contributed by atoms with E-state index in [1.165, 1.54) is 19.2 Å². The van der Waals surface area contributed by atoms with Crippen molar-refractivity contribution < 1.29 is 18.4 Å². The Bertz CT molecular complexity index is 1320. The van der Waals surface area contributed by atoms with E-state index in [2.05, 4.69) is 15.6 Å². The number of hydrogen-bond acceptors (Lipinski definition) is 4. The molecular formula is C24H17ClFN3O3. The van der Waals surface area contributed by atoms with Crippen molar-refractivity contribution in [3.8, 4) is 22.8 Å². The molecule has 0 saturated carbocycles. The Morgan fingerprint density at radius 1 is 0.969 bits per heavy atom. The molecule has 0 atom stereocenters. The first-order valence-corrected chi connectivity index (χ1v) is 9.99. The molecule has 8 heteroatoms. The highest BCUT2D eigenvalue weighted by atomic mass is 35.5. The van der Waals surface area contributed by atoms with E-state index in [-0.39, 0.29) is 28.1 Å². The zero-order chi connectivity index (χ0) is 22.7. The summed E-state index contributed by atoms with van der Waals surface area (Å²) in [6, 6.07) is 17.7. The van der Waals surface area contributed by atoms with Crippen molar-refractivity contribution in [3.63, 3.8) is 0 Å². The quantitative estimate of drug-likeness (QED) is 0.390.